The van der Waals surface area contributed by atoms with E-state index in [1.807, 2.05) is 29.8 Å². The molecule has 6 fully saturated rings. The molecule has 1 N–H and O–H groups in total. The summed E-state index contributed by atoms with van der Waals surface area (Å²) in [5, 5.41) is 15.7. The molecule has 6 aliphatic rings. The van der Waals surface area contributed by atoms with E-state index in [0.29, 0.717) is 40.1 Å². The van der Waals surface area contributed by atoms with Crippen molar-refractivity contribution in [2.45, 2.75) is 69.6 Å². The molecule has 4 saturated heterocycles. The van der Waals surface area contributed by atoms with E-state index in [-0.39, 0.29) is 52.8 Å². The summed E-state index contributed by atoms with van der Waals surface area (Å²) in [7, 11) is 0. The van der Waals surface area contributed by atoms with Crippen molar-refractivity contribution in [2.24, 2.45) is 17.8 Å². The molecule has 55 heavy (non-hydrogen) atoms. The van der Waals surface area contributed by atoms with E-state index < -0.39 is 5.82 Å². The lowest BCUT2D eigenvalue weighted by Gasteiger charge is -2.40. The van der Waals surface area contributed by atoms with E-state index in [0.717, 1.165) is 84.3 Å². The third kappa shape index (κ3) is 5.02. The van der Waals surface area contributed by atoms with Crippen molar-refractivity contribution in [3.05, 3.63) is 93.9 Å². The fourth-order valence-corrected chi connectivity index (χ4v) is 11.0. The SMILES string of the molecule is Cc1nc2c(F)c(-c3cccc(Cl)c3Cl)c(CCC#N)cc2c2c1cc([C@H]1[C@H]3C[C@H](CN(c4ccn5ccnc5c4)C3)N1C(=O)C1CC1)n2[C@H]1[C@H]2CN[C@@H]1C2. The quantitative estimate of drug-likeness (QED) is 0.175. The van der Waals surface area contributed by atoms with Gasteiger partial charge in [-0.15, -0.1) is 0 Å². The average molecular weight is 774 g/mol. The van der Waals surface area contributed by atoms with Gasteiger partial charge in [-0.05, 0) is 74.8 Å². The van der Waals surface area contributed by atoms with Crippen molar-refractivity contribution >= 4 is 62.2 Å². The molecule has 8 heterocycles. The molecule has 1 amide bonds. The first kappa shape index (κ1) is 33.6. The summed E-state index contributed by atoms with van der Waals surface area (Å²) >= 11 is 13.2. The summed E-state index contributed by atoms with van der Waals surface area (Å²) in [6.07, 6.45) is 10.3. The van der Waals surface area contributed by atoms with E-state index >= 15 is 4.39 Å². The zero-order valence-electron chi connectivity index (χ0n) is 30.4. The first-order valence-corrected chi connectivity index (χ1v) is 20.3. The van der Waals surface area contributed by atoms with Gasteiger partial charge in [-0.3, -0.25) is 4.79 Å². The number of carbonyl (C=O) groups excluding carboxylic acids is 1. The number of amides is 1. The van der Waals surface area contributed by atoms with Crippen molar-refractivity contribution < 1.29 is 9.18 Å². The molecule has 0 unspecified atom stereocenters. The zero-order chi connectivity index (χ0) is 37.3. The fraction of sp³-hybridized carbons (Fsp3) is 0.395. The largest absolute Gasteiger partial charge is 0.369 e. The van der Waals surface area contributed by atoms with Crippen LogP contribution in [0.25, 0.3) is 38.6 Å². The molecule has 4 bridgehead atoms. The molecular formula is C43H39Cl2FN8O. The minimum absolute atomic E-state index is 0.0755. The number of fused-ring (bicyclic) bond motifs is 7. The number of carbonyl (C=O) groups is 1. The lowest BCUT2D eigenvalue weighted by molar-refractivity contribution is -0.135. The van der Waals surface area contributed by atoms with Crippen LogP contribution in [0.3, 0.4) is 0 Å². The third-order valence-corrected chi connectivity index (χ3v) is 14.1. The van der Waals surface area contributed by atoms with Crippen LogP contribution in [0.2, 0.25) is 10.0 Å². The topological polar surface area (TPSA) is 94.5 Å². The Morgan fingerprint density at radius 1 is 1.07 bits per heavy atom. The highest BCUT2D eigenvalue weighted by atomic mass is 35.5. The standard InChI is InChI=1S/C43H39Cl2FN8O/c1-22-30-18-34(41-26-14-28(53(41)43(55)23-7-8-23)21-52(20-26)27-9-12-51-13-11-48-35(51)17-27)54(40-25-16-33(40)49-19-25)42(30)31-15-24(4-3-10-47)36(38(46)39(31)50-22)29-5-2-6-32(44)37(29)45/h2,5-6,9,11-13,15,17-18,23,25-26,28,33,40-41,49H,3-4,7-8,14,16,19-21H2,1H3/t25-,26+,28-,33-,40+,41-/m1/s1. The Labute approximate surface area is 327 Å². The monoisotopic (exact) mass is 772 g/mol. The zero-order valence-corrected chi connectivity index (χ0v) is 31.9. The van der Waals surface area contributed by atoms with Crippen molar-refractivity contribution in [3.63, 3.8) is 0 Å². The molecule has 0 radical (unpaired) electrons. The Morgan fingerprint density at radius 3 is 2.73 bits per heavy atom. The van der Waals surface area contributed by atoms with Gasteiger partial charge in [0.1, 0.15) is 11.2 Å². The van der Waals surface area contributed by atoms with Crippen LogP contribution in [-0.4, -0.2) is 61.5 Å². The molecule has 6 aromatic rings. The van der Waals surface area contributed by atoms with Crippen LogP contribution < -0.4 is 10.2 Å². The Hall–Kier alpha value is -4.69. The molecule has 0 spiro atoms. The van der Waals surface area contributed by atoms with Crippen LogP contribution in [0.1, 0.15) is 61.1 Å². The second kappa shape index (κ2) is 12.4. The van der Waals surface area contributed by atoms with E-state index in [1.165, 1.54) is 0 Å². The number of pyridine rings is 2. The number of piperidine rings is 1. The number of benzene rings is 2. The second-order valence-electron chi connectivity index (χ2n) is 16.4. The Kier molecular flexibility index (Phi) is 7.59. The molecule has 6 atom stereocenters. The molecule has 9 nitrogen and oxygen atoms in total. The van der Waals surface area contributed by atoms with Gasteiger partial charge in [0.2, 0.25) is 5.91 Å². The van der Waals surface area contributed by atoms with Crippen molar-refractivity contribution in [1.29, 1.82) is 5.26 Å². The van der Waals surface area contributed by atoms with E-state index in [9.17, 15) is 10.1 Å². The second-order valence-corrected chi connectivity index (χ2v) is 17.2. The van der Waals surface area contributed by atoms with Crippen LogP contribution in [0, 0.1) is 41.8 Å². The highest BCUT2D eigenvalue weighted by molar-refractivity contribution is 6.43. The maximum atomic E-state index is 17.4. The number of aromatic nitrogens is 4. The number of halogens is 3. The predicted molar refractivity (Wildman–Crippen MR) is 212 cm³/mol. The van der Waals surface area contributed by atoms with Crippen molar-refractivity contribution in [2.75, 3.05) is 24.5 Å². The van der Waals surface area contributed by atoms with Crippen LogP contribution in [-0.2, 0) is 11.2 Å². The van der Waals surface area contributed by atoms with Crippen LogP contribution in [0.15, 0.2) is 61.1 Å². The first-order valence-electron chi connectivity index (χ1n) is 19.5. The highest BCUT2D eigenvalue weighted by Gasteiger charge is 2.55. The third-order valence-electron chi connectivity index (χ3n) is 13.3. The number of imidazole rings is 1. The fourth-order valence-electron chi connectivity index (χ4n) is 10.6. The number of likely N-dealkylation sites (tertiary alicyclic amines) is 1. The Balaban J connectivity index is 1.13. The van der Waals surface area contributed by atoms with Gasteiger partial charge < -0.3 is 24.1 Å². The summed E-state index contributed by atoms with van der Waals surface area (Å²) in [5.41, 5.74) is 6.65. The van der Waals surface area contributed by atoms with Crippen molar-refractivity contribution in [3.8, 4) is 17.2 Å². The lowest BCUT2D eigenvalue weighted by Crippen LogP contribution is -2.45. The molecule has 12 rings (SSSR count). The summed E-state index contributed by atoms with van der Waals surface area (Å²) in [6.45, 7) is 4.48. The predicted octanol–water partition coefficient (Wildman–Crippen LogP) is 8.44. The average Bonchev–Trinajstić information content (AvgIpc) is 3.55. The lowest BCUT2D eigenvalue weighted by atomic mass is 9.79. The highest BCUT2D eigenvalue weighted by Crippen LogP contribution is 2.54. The van der Waals surface area contributed by atoms with Gasteiger partial charge in [0.25, 0.3) is 0 Å². The molecule has 278 valence electrons. The number of aryl methyl sites for hydroxylation is 2. The van der Waals surface area contributed by atoms with Gasteiger partial charge in [0, 0.05) is 108 Å². The van der Waals surface area contributed by atoms with Gasteiger partial charge in [-0.25, -0.2) is 14.4 Å². The van der Waals surface area contributed by atoms with E-state index in [2.05, 4.69) is 55.1 Å². The molecule has 12 heteroatoms. The smallest absolute Gasteiger partial charge is 0.226 e. The summed E-state index contributed by atoms with van der Waals surface area (Å²) in [5.74, 6) is 0.512. The number of nitrogens with one attached hydrogen (secondary N) is 1. The number of nitrogens with zero attached hydrogens (tertiary/aromatic N) is 7. The van der Waals surface area contributed by atoms with E-state index in [1.54, 1.807) is 18.2 Å². The van der Waals surface area contributed by atoms with Crippen molar-refractivity contribution in [1.82, 2.24) is 29.2 Å². The molecule has 2 aliphatic carbocycles. The van der Waals surface area contributed by atoms with Crippen LogP contribution in [0.4, 0.5) is 10.1 Å². The molecule has 2 saturated carbocycles. The van der Waals surface area contributed by atoms with Gasteiger partial charge in [-0.1, -0.05) is 35.3 Å². The van der Waals surface area contributed by atoms with Gasteiger partial charge in [0.15, 0.2) is 5.82 Å². The summed E-state index contributed by atoms with van der Waals surface area (Å²) in [4.78, 5) is 28.7. The van der Waals surface area contributed by atoms with Crippen LogP contribution >= 0.6 is 23.2 Å². The number of anilines is 1. The molecule has 4 aliphatic heterocycles. The van der Waals surface area contributed by atoms with Gasteiger partial charge in [0.05, 0.1) is 39.8 Å². The normalized spacial score (nSPS) is 25.7. The molecule has 2 aromatic carbocycles. The number of nitriles is 1. The van der Waals surface area contributed by atoms with Crippen LogP contribution in [0.5, 0.6) is 0 Å². The Morgan fingerprint density at radius 2 is 1.95 bits per heavy atom. The van der Waals surface area contributed by atoms with Gasteiger partial charge >= 0.3 is 0 Å². The number of hydrogen-bond acceptors (Lipinski definition) is 6. The minimum Gasteiger partial charge on any atom is -0.369 e. The summed E-state index contributed by atoms with van der Waals surface area (Å²) < 4.78 is 21.9. The Bertz CT molecular complexity index is 2630. The number of rotatable bonds is 7. The maximum Gasteiger partial charge on any atom is 0.226 e. The summed E-state index contributed by atoms with van der Waals surface area (Å²) in [6, 6.07) is 16.5. The van der Waals surface area contributed by atoms with Gasteiger partial charge in [-0.2, -0.15) is 5.26 Å². The molecule has 4 aromatic heterocycles. The van der Waals surface area contributed by atoms with E-state index in [4.69, 9.17) is 28.2 Å². The minimum atomic E-state index is -0.462. The maximum absolute atomic E-state index is 17.4. The number of hydrogen-bond donors (Lipinski definition) is 1. The molecular weight excluding hydrogens is 734 g/mol. The first-order chi connectivity index (χ1) is 26.8.